The van der Waals surface area contributed by atoms with Crippen LogP contribution in [0.25, 0.3) is 10.8 Å². The van der Waals surface area contributed by atoms with Gasteiger partial charge in [0.15, 0.2) is 0 Å². The van der Waals surface area contributed by atoms with Gasteiger partial charge in [-0.3, -0.25) is 10.3 Å². The first-order valence-electron chi connectivity index (χ1n) is 5.32. The lowest BCUT2D eigenvalue weighted by Gasteiger charge is -2.09. The van der Waals surface area contributed by atoms with E-state index in [4.69, 9.17) is 6.42 Å². The maximum Gasteiger partial charge on any atom is 0.0660 e. The summed E-state index contributed by atoms with van der Waals surface area (Å²) in [6.45, 7) is 2.72. The van der Waals surface area contributed by atoms with Crippen molar-refractivity contribution >= 4 is 10.8 Å². The van der Waals surface area contributed by atoms with Crippen molar-refractivity contribution in [3.63, 3.8) is 0 Å². The van der Waals surface area contributed by atoms with Gasteiger partial charge in [0.1, 0.15) is 0 Å². The fraction of sp³-hybridized carbons (Fsp3) is 0.214. The molecule has 0 aliphatic rings. The largest absolute Gasteiger partial charge is 0.300 e. The number of nitrogens with zero attached hydrogens (tertiary/aromatic N) is 1. The molecule has 0 bridgehead atoms. The van der Waals surface area contributed by atoms with Gasteiger partial charge in [0.05, 0.1) is 6.04 Å². The average molecular weight is 210 g/mol. The van der Waals surface area contributed by atoms with E-state index in [2.05, 4.69) is 28.4 Å². The van der Waals surface area contributed by atoms with Gasteiger partial charge in [0, 0.05) is 24.3 Å². The lowest BCUT2D eigenvalue weighted by Crippen LogP contribution is -2.23. The summed E-state index contributed by atoms with van der Waals surface area (Å²) in [5.74, 6) is 2.65. The number of benzene rings is 1. The van der Waals surface area contributed by atoms with Gasteiger partial charge in [-0.25, -0.2) is 0 Å². The Morgan fingerprint density at radius 1 is 1.38 bits per heavy atom. The molecule has 2 aromatic rings. The van der Waals surface area contributed by atoms with E-state index in [1.165, 1.54) is 10.9 Å². The average Bonchev–Trinajstić information content (AvgIpc) is 2.35. The minimum atomic E-state index is 0.0824. The molecule has 2 heteroatoms. The fourth-order valence-electron chi connectivity index (χ4n) is 1.64. The Morgan fingerprint density at radius 2 is 2.19 bits per heavy atom. The van der Waals surface area contributed by atoms with Crippen LogP contribution in [0, 0.1) is 12.3 Å². The Morgan fingerprint density at radius 3 is 3.00 bits per heavy atom. The molecular formula is C14H14N2. The normalized spacial score (nSPS) is 12.2. The van der Waals surface area contributed by atoms with Crippen LogP contribution < -0.4 is 5.32 Å². The van der Waals surface area contributed by atoms with E-state index >= 15 is 0 Å². The highest BCUT2D eigenvalue weighted by molar-refractivity contribution is 5.84. The molecule has 2 nitrogen and oxygen atoms in total. The minimum Gasteiger partial charge on any atom is -0.300 e. The third-order valence-electron chi connectivity index (χ3n) is 2.60. The lowest BCUT2D eigenvalue weighted by molar-refractivity contribution is 0.649. The van der Waals surface area contributed by atoms with Crippen molar-refractivity contribution < 1.29 is 0 Å². The summed E-state index contributed by atoms with van der Waals surface area (Å²) in [5, 5.41) is 5.66. The van der Waals surface area contributed by atoms with Crippen molar-refractivity contribution in [2.45, 2.75) is 19.5 Å². The zero-order chi connectivity index (χ0) is 11.4. The van der Waals surface area contributed by atoms with Gasteiger partial charge in [0.25, 0.3) is 0 Å². The van der Waals surface area contributed by atoms with Crippen molar-refractivity contribution in [1.29, 1.82) is 0 Å². The molecule has 1 N–H and O–H groups in total. The quantitative estimate of drug-likeness (QED) is 0.786. The van der Waals surface area contributed by atoms with E-state index in [0.717, 1.165) is 11.9 Å². The Bertz CT molecular complexity index is 520. The van der Waals surface area contributed by atoms with Crippen LogP contribution in [0.15, 0.2) is 36.7 Å². The summed E-state index contributed by atoms with van der Waals surface area (Å²) < 4.78 is 0. The SMILES string of the molecule is C#CC(C)NCc1cncc2ccccc12. The van der Waals surface area contributed by atoms with Crippen molar-refractivity contribution in [1.82, 2.24) is 10.3 Å². The molecule has 0 saturated heterocycles. The molecule has 1 aromatic heterocycles. The number of fused-ring (bicyclic) bond motifs is 1. The summed E-state index contributed by atoms with van der Waals surface area (Å²) in [4.78, 5) is 4.22. The first-order chi connectivity index (χ1) is 7.81. The smallest absolute Gasteiger partial charge is 0.0660 e. The van der Waals surface area contributed by atoms with E-state index < -0.39 is 0 Å². The minimum absolute atomic E-state index is 0.0824. The van der Waals surface area contributed by atoms with Crippen molar-refractivity contribution in [2.75, 3.05) is 0 Å². The van der Waals surface area contributed by atoms with E-state index in [1.54, 1.807) is 0 Å². The zero-order valence-corrected chi connectivity index (χ0v) is 9.27. The second kappa shape index (κ2) is 4.78. The second-order valence-electron chi connectivity index (χ2n) is 3.79. The summed E-state index contributed by atoms with van der Waals surface area (Å²) in [6.07, 6.45) is 9.09. The maximum atomic E-state index is 5.32. The first kappa shape index (κ1) is 10.7. The van der Waals surface area contributed by atoms with E-state index in [9.17, 15) is 0 Å². The first-order valence-corrected chi connectivity index (χ1v) is 5.32. The molecule has 1 heterocycles. The predicted molar refractivity (Wildman–Crippen MR) is 66.9 cm³/mol. The van der Waals surface area contributed by atoms with E-state index in [1.807, 2.05) is 31.5 Å². The number of hydrogen-bond acceptors (Lipinski definition) is 2. The Balaban J connectivity index is 2.28. The number of rotatable bonds is 3. The highest BCUT2D eigenvalue weighted by Gasteiger charge is 2.02. The number of nitrogens with one attached hydrogen (secondary N) is 1. The molecular weight excluding hydrogens is 196 g/mol. The highest BCUT2D eigenvalue weighted by Crippen LogP contribution is 2.16. The summed E-state index contributed by atoms with van der Waals surface area (Å²) in [5.41, 5.74) is 1.18. The molecule has 0 fully saturated rings. The third-order valence-corrected chi connectivity index (χ3v) is 2.60. The Kier molecular flexibility index (Phi) is 3.19. The number of terminal acetylenes is 1. The zero-order valence-electron chi connectivity index (χ0n) is 9.27. The Labute approximate surface area is 95.7 Å². The van der Waals surface area contributed by atoms with Gasteiger partial charge < -0.3 is 0 Å². The Hall–Kier alpha value is -1.85. The molecule has 0 aliphatic heterocycles. The highest BCUT2D eigenvalue weighted by atomic mass is 14.9. The maximum absolute atomic E-state index is 5.32. The third kappa shape index (κ3) is 2.21. The van der Waals surface area contributed by atoms with Crippen LogP contribution in [0.4, 0.5) is 0 Å². The van der Waals surface area contributed by atoms with Crippen molar-refractivity contribution in [3.05, 3.63) is 42.2 Å². The topological polar surface area (TPSA) is 24.9 Å². The molecule has 0 saturated carbocycles. The molecule has 0 amide bonds. The predicted octanol–water partition coefficient (Wildman–Crippen LogP) is 2.35. The van der Waals surface area contributed by atoms with Gasteiger partial charge in [-0.2, -0.15) is 0 Å². The van der Waals surface area contributed by atoms with E-state index in [0.29, 0.717) is 0 Å². The van der Waals surface area contributed by atoms with Gasteiger partial charge in [-0.05, 0) is 17.9 Å². The summed E-state index contributed by atoms with van der Waals surface area (Å²) >= 11 is 0. The number of aromatic nitrogens is 1. The molecule has 1 atom stereocenters. The lowest BCUT2D eigenvalue weighted by atomic mass is 10.1. The van der Waals surface area contributed by atoms with Crippen LogP contribution in [0.2, 0.25) is 0 Å². The summed E-state index contributed by atoms with van der Waals surface area (Å²) in [7, 11) is 0. The fourth-order valence-corrected chi connectivity index (χ4v) is 1.64. The standard InChI is InChI=1S/C14H14N2/c1-3-11(2)16-10-13-9-15-8-12-6-4-5-7-14(12)13/h1,4-9,11,16H,10H2,2H3. The van der Waals surface area contributed by atoms with Crippen LogP contribution in [0.3, 0.4) is 0 Å². The molecule has 16 heavy (non-hydrogen) atoms. The van der Waals surface area contributed by atoms with Crippen LogP contribution >= 0.6 is 0 Å². The van der Waals surface area contributed by atoms with Crippen molar-refractivity contribution in [2.24, 2.45) is 0 Å². The van der Waals surface area contributed by atoms with Crippen LogP contribution in [0.5, 0.6) is 0 Å². The number of pyridine rings is 1. The van der Waals surface area contributed by atoms with Crippen LogP contribution in [0.1, 0.15) is 12.5 Å². The molecule has 0 radical (unpaired) electrons. The van der Waals surface area contributed by atoms with Crippen LogP contribution in [-0.4, -0.2) is 11.0 Å². The monoisotopic (exact) mass is 210 g/mol. The van der Waals surface area contributed by atoms with Gasteiger partial charge in [-0.15, -0.1) is 6.42 Å². The summed E-state index contributed by atoms with van der Waals surface area (Å²) in [6, 6.07) is 8.31. The molecule has 1 aromatic carbocycles. The molecule has 0 spiro atoms. The van der Waals surface area contributed by atoms with E-state index in [-0.39, 0.29) is 6.04 Å². The van der Waals surface area contributed by atoms with Gasteiger partial charge >= 0.3 is 0 Å². The van der Waals surface area contributed by atoms with Gasteiger partial charge in [-0.1, -0.05) is 30.2 Å². The molecule has 0 aliphatic carbocycles. The van der Waals surface area contributed by atoms with Crippen molar-refractivity contribution in [3.8, 4) is 12.3 Å². The molecule has 80 valence electrons. The second-order valence-corrected chi connectivity index (χ2v) is 3.79. The van der Waals surface area contributed by atoms with Gasteiger partial charge in [0.2, 0.25) is 0 Å². The number of hydrogen-bond donors (Lipinski definition) is 1. The molecule has 1 unspecified atom stereocenters. The van der Waals surface area contributed by atoms with Crippen LogP contribution in [-0.2, 0) is 6.54 Å². The molecule has 2 rings (SSSR count).